The standard InChI is InChI=1S/2C6H6O5.C2H6O2/c2*1-2-4(7)10-5-3-9-6(8)11-5;3-1-2-4/h2*2,5H,1,3H2;3-4H,1-2H2. The van der Waals surface area contributed by atoms with Crippen molar-refractivity contribution in [3.63, 3.8) is 0 Å². The van der Waals surface area contributed by atoms with E-state index in [-0.39, 0.29) is 26.4 Å². The van der Waals surface area contributed by atoms with E-state index in [9.17, 15) is 19.2 Å². The van der Waals surface area contributed by atoms with Crippen molar-refractivity contribution in [2.75, 3.05) is 26.4 Å². The van der Waals surface area contributed by atoms with Crippen LogP contribution in [0, 0.1) is 0 Å². The van der Waals surface area contributed by atoms with Gasteiger partial charge in [0, 0.05) is 12.2 Å². The van der Waals surface area contributed by atoms with Crippen molar-refractivity contribution in [1.29, 1.82) is 0 Å². The smallest absolute Gasteiger partial charge is 0.426 e. The van der Waals surface area contributed by atoms with Gasteiger partial charge in [0.1, 0.15) is 0 Å². The largest absolute Gasteiger partial charge is 0.511 e. The molecule has 2 aliphatic heterocycles. The third-order valence-electron chi connectivity index (χ3n) is 2.06. The van der Waals surface area contributed by atoms with Crippen molar-refractivity contribution in [3.05, 3.63) is 25.3 Å². The molecule has 2 rings (SSSR count). The summed E-state index contributed by atoms with van der Waals surface area (Å²) in [6, 6.07) is 0. The Morgan fingerprint density at radius 1 is 0.923 bits per heavy atom. The molecule has 2 heterocycles. The topological polar surface area (TPSA) is 164 Å². The number of aliphatic hydroxyl groups excluding tert-OH is 2. The molecule has 12 nitrogen and oxygen atoms in total. The molecular formula is C14H18O12. The SMILES string of the molecule is C=CC(=O)OC1COC(=O)O1.C=CC(=O)OC1COC(=O)O1.OCCO. The highest BCUT2D eigenvalue weighted by atomic mass is 16.8. The fraction of sp³-hybridized carbons (Fsp3) is 0.429. The molecule has 0 aromatic heterocycles. The zero-order chi connectivity index (χ0) is 19.9. The Labute approximate surface area is 147 Å². The Kier molecular flexibility index (Phi) is 11.6. The minimum absolute atomic E-state index is 0.0571. The zero-order valence-electron chi connectivity index (χ0n) is 13.5. The van der Waals surface area contributed by atoms with Gasteiger partial charge in [-0.3, -0.25) is 0 Å². The first-order valence-corrected chi connectivity index (χ1v) is 6.90. The number of hydrogen-bond acceptors (Lipinski definition) is 12. The lowest BCUT2D eigenvalue weighted by atomic mass is 10.6. The highest BCUT2D eigenvalue weighted by molar-refractivity contribution is 5.81. The Morgan fingerprint density at radius 2 is 1.27 bits per heavy atom. The average Bonchev–Trinajstić information content (AvgIpc) is 3.23. The molecule has 2 atom stereocenters. The van der Waals surface area contributed by atoms with Gasteiger partial charge in [-0.25, -0.2) is 19.2 Å². The number of aliphatic hydroxyl groups is 2. The van der Waals surface area contributed by atoms with Gasteiger partial charge >= 0.3 is 24.2 Å². The molecule has 146 valence electrons. The second kappa shape index (κ2) is 13.2. The molecule has 2 fully saturated rings. The molecule has 26 heavy (non-hydrogen) atoms. The molecule has 2 aliphatic rings. The fourth-order valence-electron chi connectivity index (χ4n) is 1.09. The van der Waals surface area contributed by atoms with Crippen LogP contribution in [-0.2, 0) is 38.0 Å². The maximum Gasteiger partial charge on any atom is 0.511 e. The van der Waals surface area contributed by atoms with E-state index in [0.29, 0.717) is 0 Å². The molecule has 2 N–H and O–H groups in total. The van der Waals surface area contributed by atoms with Crippen LogP contribution in [-0.4, -0.2) is 73.5 Å². The van der Waals surface area contributed by atoms with Gasteiger partial charge in [0.25, 0.3) is 12.6 Å². The van der Waals surface area contributed by atoms with Crippen LogP contribution in [0.15, 0.2) is 25.3 Å². The third kappa shape index (κ3) is 10.6. The van der Waals surface area contributed by atoms with Gasteiger partial charge in [-0.15, -0.1) is 0 Å². The molecular weight excluding hydrogens is 360 g/mol. The second-order valence-corrected chi connectivity index (χ2v) is 3.95. The lowest BCUT2D eigenvalue weighted by Crippen LogP contribution is -2.18. The Bertz CT molecular complexity index is 468. The summed E-state index contributed by atoms with van der Waals surface area (Å²) >= 11 is 0. The van der Waals surface area contributed by atoms with Gasteiger partial charge in [-0.1, -0.05) is 13.2 Å². The van der Waals surface area contributed by atoms with Gasteiger partial charge in [0.05, 0.1) is 13.2 Å². The minimum atomic E-state index is -0.923. The quantitative estimate of drug-likeness (QED) is 0.355. The summed E-state index contributed by atoms with van der Waals surface area (Å²) in [5.41, 5.74) is 0. The lowest BCUT2D eigenvalue weighted by molar-refractivity contribution is -0.157. The van der Waals surface area contributed by atoms with Gasteiger partial charge in [-0.05, 0) is 0 Å². The Balaban J connectivity index is 0.000000401. The molecule has 2 saturated heterocycles. The first kappa shape index (κ1) is 22.9. The number of rotatable bonds is 5. The highest BCUT2D eigenvalue weighted by Gasteiger charge is 2.28. The van der Waals surface area contributed by atoms with Crippen LogP contribution in [0.25, 0.3) is 0 Å². The van der Waals surface area contributed by atoms with Crippen molar-refractivity contribution in [2.24, 2.45) is 0 Å². The summed E-state index contributed by atoms with van der Waals surface area (Å²) in [5.74, 6) is -1.29. The van der Waals surface area contributed by atoms with Crippen molar-refractivity contribution in [1.82, 2.24) is 0 Å². The number of ether oxygens (including phenoxy) is 6. The lowest BCUT2D eigenvalue weighted by Gasteiger charge is -2.04. The molecule has 0 aromatic rings. The summed E-state index contributed by atoms with van der Waals surface area (Å²) in [6.45, 7) is 5.97. The molecule has 0 amide bonds. The van der Waals surface area contributed by atoms with Crippen LogP contribution in [0.2, 0.25) is 0 Å². The summed E-state index contributed by atoms with van der Waals surface area (Å²) in [5, 5.41) is 15.2. The van der Waals surface area contributed by atoms with Gasteiger partial charge in [0.15, 0.2) is 13.2 Å². The second-order valence-electron chi connectivity index (χ2n) is 3.95. The Morgan fingerprint density at radius 3 is 1.46 bits per heavy atom. The molecule has 12 heteroatoms. The summed E-state index contributed by atoms with van der Waals surface area (Å²) in [4.78, 5) is 41.5. The monoisotopic (exact) mass is 378 g/mol. The van der Waals surface area contributed by atoms with Crippen molar-refractivity contribution >= 4 is 24.2 Å². The zero-order valence-corrected chi connectivity index (χ0v) is 13.5. The van der Waals surface area contributed by atoms with E-state index in [1.807, 2.05) is 0 Å². The van der Waals surface area contributed by atoms with E-state index in [1.54, 1.807) is 0 Å². The van der Waals surface area contributed by atoms with Crippen molar-refractivity contribution in [3.8, 4) is 0 Å². The van der Waals surface area contributed by atoms with Crippen molar-refractivity contribution in [2.45, 2.75) is 12.6 Å². The van der Waals surface area contributed by atoms with E-state index in [4.69, 9.17) is 10.2 Å². The highest BCUT2D eigenvalue weighted by Crippen LogP contribution is 2.08. The fourth-order valence-corrected chi connectivity index (χ4v) is 1.09. The maximum atomic E-state index is 10.5. The number of carbonyl (C=O) groups excluding carboxylic acids is 4. The van der Waals surface area contributed by atoms with Crippen LogP contribution in [0.3, 0.4) is 0 Å². The summed E-state index contributed by atoms with van der Waals surface area (Å²) in [6.07, 6.45) is -1.54. The molecule has 0 radical (unpaired) electrons. The van der Waals surface area contributed by atoms with E-state index in [0.717, 1.165) is 12.2 Å². The van der Waals surface area contributed by atoms with E-state index in [2.05, 4.69) is 41.6 Å². The van der Waals surface area contributed by atoms with Crippen molar-refractivity contribution < 1.29 is 57.8 Å². The molecule has 0 aliphatic carbocycles. The minimum Gasteiger partial charge on any atom is -0.426 e. The molecule has 0 bridgehead atoms. The number of cyclic esters (lactones) is 4. The number of carbonyl (C=O) groups is 4. The normalized spacial score (nSPS) is 19.6. The van der Waals surface area contributed by atoms with Crippen LogP contribution >= 0.6 is 0 Å². The molecule has 0 spiro atoms. The van der Waals surface area contributed by atoms with Crippen LogP contribution in [0.1, 0.15) is 0 Å². The van der Waals surface area contributed by atoms with E-state index in [1.165, 1.54) is 0 Å². The molecule has 0 aromatic carbocycles. The molecule has 2 unspecified atom stereocenters. The summed E-state index contributed by atoms with van der Waals surface area (Å²) in [7, 11) is 0. The summed E-state index contributed by atoms with van der Waals surface area (Å²) < 4.78 is 26.5. The van der Waals surface area contributed by atoms with Crippen LogP contribution in [0.5, 0.6) is 0 Å². The first-order valence-electron chi connectivity index (χ1n) is 6.90. The van der Waals surface area contributed by atoms with Gasteiger partial charge in [-0.2, -0.15) is 0 Å². The number of hydrogen-bond donors (Lipinski definition) is 2. The predicted octanol–water partition coefficient (Wildman–Crippen LogP) is -0.612. The first-order chi connectivity index (χ1) is 12.4. The number of esters is 2. The van der Waals surface area contributed by atoms with Crippen LogP contribution in [0.4, 0.5) is 9.59 Å². The molecule has 0 saturated carbocycles. The van der Waals surface area contributed by atoms with Gasteiger partial charge < -0.3 is 38.6 Å². The predicted molar refractivity (Wildman–Crippen MR) is 79.2 cm³/mol. The third-order valence-corrected chi connectivity index (χ3v) is 2.06. The Hall–Kier alpha value is -3.12. The van der Waals surface area contributed by atoms with E-state index >= 15 is 0 Å². The van der Waals surface area contributed by atoms with Crippen LogP contribution < -0.4 is 0 Å². The van der Waals surface area contributed by atoms with Gasteiger partial charge in [0.2, 0.25) is 0 Å². The average molecular weight is 378 g/mol. The maximum absolute atomic E-state index is 10.5. The van der Waals surface area contributed by atoms with E-state index < -0.39 is 36.8 Å².